The maximum atomic E-state index is 5.87. The molecule has 90 valence electrons. The van der Waals surface area contributed by atoms with Crippen molar-refractivity contribution in [2.75, 3.05) is 19.7 Å². The molecule has 2 heterocycles. The number of hydrogen-bond donors (Lipinski definition) is 1. The van der Waals surface area contributed by atoms with E-state index in [1.165, 1.54) is 31.6 Å². The Morgan fingerprint density at radius 1 is 1.18 bits per heavy atom. The maximum Gasteiger partial charge on any atom is 0.101 e. The average molecular weight is 229 g/mol. The van der Waals surface area contributed by atoms with Gasteiger partial charge in [-0.05, 0) is 44.3 Å². The van der Waals surface area contributed by atoms with E-state index in [0.29, 0.717) is 11.8 Å². The molecule has 0 spiro atoms. The molecule has 2 nitrogen and oxygen atoms in total. The molecular weight excluding hydrogens is 210 g/mol. The SMILES string of the molecule is C1=CC2C3=C(CCNCC3)C3CCOC(=C1)C23. The van der Waals surface area contributed by atoms with Gasteiger partial charge in [0.2, 0.25) is 0 Å². The van der Waals surface area contributed by atoms with Crippen LogP contribution in [0.2, 0.25) is 0 Å². The van der Waals surface area contributed by atoms with Gasteiger partial charge in [0.25, 0.3) is 0 Å². The van der Waals surface area contributed by atoms with Gasteiger partial charge in [0.1, 0.15) is 5.76 Å². The summed E-state index contributed by atoms with van der Waals surface area (Å²) in [5.41, 5.74) is 3.50. The highest BCUT2D eigenvalue weighted by Crippen LogP contribution is 2.53. The molecule has 0 aromatic heterocycles. The molecule has 0 bridgehead atoms. The standard InChI is InChI=1S/C15H19NO/c1-2-12-10-4-7-16-8-5-11(10)13-6-9-17-14(3-1)15(12)13/h1-3,12-13,15-16H,4-9H2. The van der Waals surface area contributed by atoms with Crippen LogP contribution in [0.15, 0.2) is 35.1 Å². The Morgan fingerprint density at radius 3 is 3.00 bits per heavy atom. The highest BCUT2D eigenvalue weighted by atomic mass is 16.5. The van der Waals surface area contributed by atoms with Crippen molar-refractivity contribution >= 4 is 0 Å². The van der Waals surface area contributed by atoms with Gasteiger partial charge in [0.15, 0.2) is 0 Å². The number of allylic oxidation sites excluding steroid dienone is 4. The first-order chi connectivity index (χ1) is 8.45. The monoisotopic (exact) mass is 229 g/mol. The normalized spacial score (nSPS) is 39.1. The van der Waals surface area contributed by atoms with Gasteiger partial charge in [-0.1, -0.05) is 23.3 Å². The number of hydrogen-bond acceptors (Lipinski definition) is 2. The lowest BCUT2D eigenvalue weighted by Gasteiger charge is -2.35. The third-order valence-corrected chi connectivity index (χ3v) is 4.83. The lowest BCUT2D eigenvalue weighted by atomic mass is 9.77. The Bertz CT molecular complexity index is 432. The second-order valence-corrected chi connectivity index (χ2v) is 5.55. The Balaban J connectivity index is 1.78. The molecule has 3 atom stereocenters. The van der Waals surface area contributed by atoms with E-state index in [1.54, 1.807) is 11.1 Å². The summed E-state index contributed by atoms with van der Waals surface area (Å²) in [6.45, 7) is 3.23. The van der Waals surface area contributed by atoms with Crippen LogP contribution in [0.4, 0.5) is 0 Å². The molecule has 0 radical (unpaired) electrons. The summed E-state index contributed by atoms with van der Waals surface area (Å²) in [5.74, 6) is 3.33. The van der Waals surface area contributed by atoms with Crippen LogP contribution >= 0.6 is 0 Å². The van der Waals surface area contributed by atoms with E-state index in [2.05, 4.69) is 23.5 Å². The fourth-order valence-corrected chi connectivity index (χ4v) is 4.17. The molecule has 4 aliphatic rings. The van der Waals surface area contributed by atoms with Crippen LogP contribution in [0, 0.1) is 17.8 Å². The van der Waals surface area contributed by atoms with Crippen molar-refractivity contribution in [1.82, 2.24) is 5.32 Å². The first-order valence-corrected chi connectivity index (χ1v) is 6.89. The van der Waals surface area contributed by atoms with Crippen molar-refractivity contribution in [3.63, 3.8) is 0 Å². The van der Waals surface area contributed by atoms with Gasteiger partial charge >= 0.3 is 0 Å². The van der Waals surface area contributed by atoms with E-state index in [0.717, 1.165) is 19.1 Å². The largest absolute Gasteiger partial charge is 0.498 e. The highest BCUT2D eigenvalue weighted by Gasteiger charge is 2.46. The van der Waals surface area contributed by atoms with Gasteiger partial charge in [-0.15, -0.1) is 0 Å². The quantitative estimate of drug-likeness (QED) is 0.644. The van der Waals surface area contributed by atoms with E-state index in [4.69, 9.17) is 4.74 Å². The minimum absolute atomic E-state index is 0.648. The zero-order chi connectivity index (χ0) is 11.2. The molecule has 0 saturated carbocycles. The van der Waals surface area contributed by atoms with Crippen molar-refractivity contribution in [2.24, 2.45) is 17.8 Å². The van der Waals surface area contributed by atoms with Crippen molar-refractivity contribution in [1.29, 1.82) is 0 Å². The molecule has 0 amide bonds. The van der Waals surface area contributed by atoms with Crippen LogP contribution in [0.3, 0.4) is 0 Å². The molecular formula is C15H19NO. The number of fused-ring (bicyclic) bond motifs is 2. The number of rotatable bonds is 0. The molecule has 0 aromatic rings. The van der Waals surface area contributed by atoms with Crippen LogP contribution in [0.1, 0.15) is 19.3 Å². The molecule has 0 aromatic carbocycles. The predicted octanol–water partition coefficient (Wildman–Crippen LogP) is 2.40. The van der Waals surface area contributed by atoms with Crippen molar-refractivity contribution in [3.8, 4) is 0 Å². The first-order valence-electron chi connectivity index (χ1n) is 6.89. The molecule has 2 aliphatic heterocycles. The van der Waals surface area contributed by atoms with E-state index in [9.17, 15) is 0 Å². The van der Waals surface area contributed by atoms with Crippen LogP contribution in [0.5, 0.6) is 0 Å². The summed E-state index contributed by atoms with van der Waals surface area (Å²) >= 11 is 0. The maximum absolute atomic E-state index is 5.87. The van der Waals surface area contributed by atoms with Gasteiger partial charge in [0.05, 0.1) is 6.61 Å². The molecule has 1 N–H and O–H groups in total. The number of ether oxygens (including phenoxy) is 1. The van der Waals surface area contributed by atoms with Crippen LogP contribution < -0.4 is 5.32 Å². The smallest absolute Gasteiger partial charge is 0.101 e. The van der Waals surface area contributed by atoms with Crippen LogP contribution in [-0.4, -0.2) is 19.7 Å². The Hall–Kier alpha value is -1.02. The van der Waals surface area contributed by atoms with Gasteiger partial charge in [-0.2, -0.15) is 0 Å². The molecule has 3 unspecified atom stereocenters. The Morgan fingerprint density at radius 2 is 2.06 bits per heavy atom. The van der Waals surface area contributed by atoms with Crippen molar-refractivity contribution < 1.29 is 4.74 Å². The second-order valence-electron chi connectivity index (χ2n) is 5.55. The van der Waals surface area contributed by atoms with Gasteiger partial charge in [-0.25, -0.2) is 0 Å². The van der Waals surface area contributed by atoms with Crippen molar-refractivity contribution in [2.45, 2.75) is 19.3 Å². The molecule has 2 heteroatoms. The first kappa shape index (κ1) is 9.95. The minimum atomic E-state index is 0.648. The molecule has 2 aliphatic carbocycles. The van der Waals surface area contributed by atoms with Gasteiger partial charge in [0, 0.05) is 11.8 Å². The van der Waals surface area contributed by atoms with E-state index < -0.39 is 0 Å². The lowest BCUT2D eigenvalue weighted by Crippen LogP contribution is -2.29. The van der Waals surface area contributed by atoms with Gasteiger partial charge < -0.3 is 10.1 Å². The third kappa shape index (κ3) is 1.37. The lowest BCUT2D eigenvalue weighted by molar-refractivity contribution is 0.0912. The molecule has 4 rings (SSSR count). The van der Waals surface area contributed by atoms with E-state index in [1.807, 2.05) is 0 Å². The van der Waals surface area contributed by atoms with E-state index >= 15 is 0 Å². The predicted molar refractivity (Wildman–Crippen MR) is 67.4 cm³/mol. The summed E-state index contributed by atoms with van der Waals surface area (Å²) in [6.07, 6.45) is 10.5. The third-order valence-electron chi connectivity index (χ3n) is 4.83. The summed E-state index contributed by atoms with van der Waals surface area (Å²) in [4.78, 5) is 0. The highest BCUT2D eigenvalue weighted by molar-refractivity contribution is 5.40. The zero-order valence-corrected chi connectivity index (χ0v) is 10.1. The summed E-state index contributed by atoms with van der Waals surface area (Å²) in [6, 6.07) is 0. The second kappa shape index (κ2) is 3.74. The summed E-state index contributed by atoms with van der Waals surface area (Å²) < 4.78 is 5.87. The Kier molecular flexibility index (Phi) is 2.19. The van der Waals surface area contributed by atoms with Crippen LogP contribution in [-0.2, 0) is 4.74 Å². The van der Waals surface area contributed by atoms with Gasteiger partial charge in [-0.3, -0.25) is 0 Å². The summed E-state index contributed by atoms with van der Waals surface area (Å²) in [7, 11) is 0. The molecule has 1 saturated heterocycles. The topological polar surface area (TPSA) is 21.3 Å². The van der Waals surface area contributed by atoms with Crippen molar-refractivity contribution in [3.05, 3.63) is 35.1 Å². The molecule has 17 heavy (non-hydrogen) atoms. The minimum Gasteiger partial charge on any atom is -0.498 e. The van der Waals surface area contributed by atoms with Crippen LogP contribution in [0.25, 0.3) is 0 Å². The summed E-state index contributed by atoms with van der Waals surface area (Å²) in [5, 5.41) is 3.53. The zero-order valence-electron chi connectivity index (χ0n) is 10.1. The fraction of sp³-hybridized carbons (Fsp3) is 0.600. The Labute approximate surface area is 102 Å². The fourth-order valence-electron chi connectivity index (χ4n) is 4.17. The number of nitrogens with one attached hydrogen (secondary N) is 1. The van der Waals surface area contributed by atoms with E-state index in [-0.39, 0.29) is 0 Å². The average Bonchev–Trinajstić information content (AvgIpc) is 2.55. The molecule has 1 fully saturated rings.